The summed E-state index contributed by atoms with van der Waals surface area (Å²) in [7, 11) is 0. The van der Waals surface area contributed by atoms with E-state index in [2.05, 4.69) is 26.7 Å². The Morgan fingerprint density at radius 1 is 1.21 bits per heavy atom. The number of nitrogens with zero attached hydrogens (tertiary/aromatic N) is 4. The first kappa shape index (κ1) is 16.5. The number of carbonyl (C=O) groups is 1. The summed E-state index contributed by atoms with van der Waals surface area (Å²) >= 11 is 0. The highest BCUT2D eigenvalue weighted by Crippen LogP contribution is 2.24. The zero-order valence-corrected chi connectivity index (χ0v) is 13.8. The summed E-state index contributed by atoms with van der Waals surface area (Å²) in [5.74, 6) is 0.349. The zero-order valence-electron chi connectivity index (χ0n) is 13.8. The quantitative estimate of drug-likeness (QED) is 0.808. The molecule has 24 heavy (non-hydrogen) atoms. The molecule has 0 unspecified atom stereocenters. The van der Waals surface area contributed by atoms with Crippen LogP contribution in [-0.4, -0.2) is 53.9 Å². The number of likely N-dealkylation sites (N-methyl/N-ethyl adjacent to an activating group) is 1. The molecule has 0 aliphatic carbocycles. The number of carbonyl (C=O) groups excluding carboxylic acids is 1. The van der Waals surface area contributed by atoms with Crippen LogP contribution in [0.25, 0.3) is 11.3 Å². The van der Waals surface area contributed by atoms with Crippen molar-refractivity contribution in [2.24, 2.45) is 0 Å². The molecule has 0 amide bonds. The standard InChI is InChI=1S/C18H21FN4O/c1-2-22-6-3-7-23(9-8-22)18-12-20-11-17(21-18)15-10-14(13-24)4-5-16(15)19/h4-5,10-13H,2-3,6-9H2,1H3. The fourth-order valence-corrected chi connectivity index (χ4v) is 2.97. The third-order valence-corrected chi connectivity index (χ3v) is 4.38. The topological polar surface area (TPSA) is 49.3 Å². The predicted octanol–water partition coefficient (Wildman–Crippen LogP) is 2.63. The fourth-order valence-electron chi connectivity index (χ4n) is 2.97. The van der Waals surface area contributed by atoms with E-state index in [4.69, 9.17) is 0 Å². The molecule has 1 fully saturated rings. The van der Waals surface area contributed by atoms with Crippen molar-refractivity contribution in [3.63, 3.8) is 0 Å². The van der Waals surface area contributed by atoms with Crippen molar-refractivity contribution in [2.45, 2.75) is 13.3 Å². The first-order valence-corrected chi connectivity index (χ1v) is 8.25. The number of benzene rings is 1. The number of halogens is 1. The van der Waals surface area contributed by atoms with Gasteiger partial charge in [-0.1, -0.05) is 6.92 Å². The molecule has 2 aromatic rings. The maximum absolute atomic E-state index is 14.1. The van der Waals surface area contributed by atoms with Crippen molar-refractivity contribution in [3.05, 3.63) is 42.0 Å². The predicted molar refractivity (Wildman–Crippen MR) is 91.8 cm³/mol. The van der Waals surface area contributed by atoms with Crippen molar-refractivity contribution in [1.82, 2.24) is 14.9 Å². The minimum absolute atomic E-state index is 0.305. The molecule has 0 radical (unpaired) electrons. The lowest BCUT2D eigenvalue weighted by molar-refractivity contribution is 0.112. The molecule has 1 saturated heterocycles. The van der Waals surface area contributed by atoms with Crippen LogP contribution in [0.3, 0.4) is 0 Å². The average Bonchev–Trinajstić information content (AvgIpc) is 2.88. The van der Waals surface area contributed by atoms with E-state index in [1.165, 1.54) is 24.4 Å². The van der Waals surface area contributed by atoms with Crippen LogP contribution in [0.15, 0.2) is 30.6 Å². The minimum Gasteiger partial charge on any atom is -0.354 e. The number of hydrogen-bond acceptors (Lipinski definition) is 5. The first-order valence-electron chi connectivity index (χ1n) is 8.25. The molecule has 0 spiro atoms. The lowest BCUT2D eigenvalue weighted by Gasteiger charge is -2.22. The van der Waals surface area contributed by atoms with Gasteiger partial charge in [0.2, 0.25) is 0 Å². The summed E-state index contributed by atoms with van der Waals surface area (Å²) in [4.78, 5) is 24.4. The normalized spacial score (nSPS) is 16.0. The molecule has 1 aliphatic heterocycles. The van der Waals surface area contributed by atoms with Crippen molar-refractivity contribution < 1.29 is 9.18 Å². The van der Waals surface area contributed by atoms with Crippen molar-refractivity contribution in [1.29, 1.82) is 0 Å². The maximum Gasteiger partial charge on any atom is 0.150 e. The summed E-state index contributed by atoms with van der Waals surface area (Å²) in [6.07, 6.45) is 5.02. The molecule has 6 heteroatoms. The van der Waals surface area contributed by atoms with Crippen molar-refractivity contribution in [3.8, 4) is 11.3 Å². The average molecular weight is 328 g/mol. The summed E-state index contributed by atoms with van der Waals surface area (Å²) in [6, 6.07) is 4.26. The van der Waals surface area contributed by atoms with Gasteiger partial charge in [-0.25, -0.2) is 9.37 Å². The fraction of sp³-hybridized carbons (Fsp3) is 0.389. The molecule has 1 aliphatic rings. The van der Waals surface area contributed by atoms with Gasteiger partial charge in [0.1, 0.15) is 17.9 Å². The molecule has 5 nitrogen and oxygen atoms in total. The van der Waals surface area contributed by atoms with Gasteiger partial charge in [0.25, 0.3) is 0 Å². The van der Waals surface area contributed by atoms with Crippen LogP contribution in [0, 0.1) is 5.82 Å². The van der Waals surface area contributed by atoms with Crippen LogP contribution in [0.2, 0.25) is 0 Å². The van der Waals surface area contributed by atoms with E-state index >= 15 is 0 Å². The van der Waals surface area contributed by atoms with E-state index in [1.807, 2.05) is 0 Å². The highest BCUT2D eigenvalue weighted by Gasteiger charge is 2.16. The Balaban J connectivity index is 1.88. The molecule has 0 saturated carbocycles. The van der Waals surface area contributed by atoms with Crippen LogP contribution >= 0.6 is 0 Å². The lowest BCUT2D eigenvalue weighted by atomic mass is 10.1. The Bertz CT molecular complexity index is 722. The zero-order chi connectivity index (χ0) is 16.9. The molecule has 0 atom stereocenters. The van der Waals surface area contributed by atoms with E-state index in [0.717, 1.165) is 45.0 Å². The molecule has 1 aromatic carbocycles. The SMILES string of the molecule is CCN1CCCN(c2cncc(-c3cc(C=O)ccc3F)n2)CC1. The molecular weight excluding hydrogens is 307 g/mol. The summed E-state index contributed by atoms with van der Waals surface area (Å²) in [5.41, 5.74) is 1.18. The van der Waals surface area contributed by atoms with E-state index < -0.39 is 5.82 Å². The smallest absolute Gasteiger partial charge is 0.150 e. The van der Waals surface area contributed by atoms with Crippen LogP contribution in [0.4, 0.5) is 10.2 Å². The van der Waals surface area contributed by atoms with E-state index in [1.54, 1.807) is 6.20 Å². The second-order valence-electron chi connectivity index (χ2n) is 5.89. The van der Waals surface area contributed by atoms with Gasteiger partial charge >= 0.3 is 0 Å². The highest BCUT2D eigenvalue weighted by atomic mass is 19.1. The van der Waals surface area contributed by atoms with Crippen LogP contribution < -0.4 is 4.90 Å². The van der Waals surface area contributed by atoms with E-state index in [-0.39, 0.29) is 0 Å². The number of rotatable bonds is 4. The number of hydrogen-bond donors (Lipinski definition) is 0. The monoisotopic (exact) mass is 328 g/mol. The lowest BCUT2D eigenvalue weighted by Crippen LogP contribution is -2.31. The van der Waals surface area contributed by atoms with Gasteiger partial charge in [-0.3, -0.25) is 9.78 Å². The second-order valence-corrected chi connectivity index (χ2v) is 5.89. The van der Waals surface area contributed by atoms with Crippen LogP contribution in [-0.2, 0) is 0 Å². The Morgan fingerprint density at radius 2 is 2.08 bits per heavy atom. The molecule has 0 N–H and O–H groups in total. The first-order chi connectivity index (χ1) is 11.7. The molecule has 0 bridgehead atoms. The number of aldehydes is 1. The van der Waals surface area contributed by atoms with Crippen molar-refractivity contribution >= 4 is 12.1 Å². The van der Waals surface area contributed by atoms with Gasteiger partial charge in [0.05, 0.1) is 18.1 Å². The third kappa shape index (κ3) is 3.59. The van der Waals surface area contributed by atoms with Gasteiger partial charge in [0, 0.05) is 30.8 Å². The largest absolute Gasteiger partial charge is 0.354 e. The second kappa shape index (κ2) is 7.49. The minimum atomic E-state index is -0.403. The van der Waals surface area contributed by atoms with E-state index in [9.17, 15) is 9.18 Å². The Morgan fingerprint density at radius 3 is 2.88 bits per heavy atom. The maximum atomic E-state index is 14.1. The van der Waals surface area contributed by atoms with Crippen LogP contribution in [0.5, 0.6) is 0 Å². The van der Waals surface area contributed by atoms with Gasteiger partial charge in [-0.05, 0) is 37.7 Å². The van der Waals surface area contributed by atoms with Crippen molar-refractivity contribution in [2.75, 3.05) is 37.6 Å². The van der Waals surface area contributed by atoms with Gasteiger partial charge in [-0.15, -0.1) is 0 Å². The van der Waals surface area contributed by atoms with Gasteiger partial charge in [0.15, 0.2) is 0 Å². The molecule has 126 valence electrons. The summed E-state index contributed by atoms with van der Waals surface area (Å²) in [5, 5.41) is 0. The summed E-state index contributed by atoms with van der Waals surface area (Å²) < 4.78 is 14.1. The summed E-state index contributed by atoms with van der Waals surface area (Å²) in [6.45, 7) is 7.06. The number of anilines is 1. The molecule has 3 rings (SSSR count). The van der Waals surface area contributed by atoms with Gasteiger partial charge in [-0.2, -0.15) is 0 Å². The van der Waals surface area contributed by atoms with E-state index in [0.29, 0.717) is 23.1 Å². The number of aromatic nitrogens is 2. The molecule has 1 aromatic heterocycles. The Labute approximate surface area is 141 Å². The Hall–Kier alpha value is -2.34. The molecule has 2 heterocycles. The van der Waals surface area contributed by atoms with Gasteiger partial charge < -0.3 is 9.80 Å². The molecular formula is C18H21FN4O. The highest BCUT2D eigenvalue weighted by molar-refractivity contribution is 5.78. The third-order valence-electron chi connectivity index (χ3n) is 4.38. The Kier molecular flexibility index (Phi) is 5.15. The van der Waals surface area contributed by atoms with Crippen LogP contribution in [0.1, 0.15) is 23.7 Å².